The molecule has 9 heteroatoms. The van der Waals surface area contributed by atoms with Crippen LogP contribution in [-0.4, -0.2) is 22.9 Å². The molecule has 2 aliphatic heterocycles. The highest BCUT2D eigenvalue weighted by Crippen LogP contribution is 2.47. The standard InChI is InChI=1S/C20H12BrFN4O3/c21-12-5-9(1-3-13(12)22)16-11(7-23)19(24)29-20-17(16)18(25-26-20)10-2-4-14-15(6-10)28-8-27-14/h1-6,11,16,24H,8H2,(H,25,26). The number of H-pyrrole nitrogens is 1. The molecule has 0 saturated heterocycles. The van der Waals surface area contributed by atoms with Gasteiger partial charge in [0.2, 0.25) is 18.6 Å². The number of ether oxygens (including phenoxy) is 3. The topological polar surface area (TPSA) is 104 Å². The van der Waals surface area contributed by atoms with Crippen molar-refractivity contribution < 1.29 is 18.6 Å². The summed E-state index contributed by atoms with van der Waals surface area (Å²) in [4.78, 5) is 0. The van der Waals surface area contributed by atoms with Gasteiger partial charge in [-0.05, 0) is 51.8 Å². The van der Waals surface area contributed by atoms with E-state index in [9.17, 15) is 9.65 Å². The van der Waals surface area contributed by atoms with Gasteiger partial charge in [-0.3, -0.25) is 10.5 Å². The van der Waals surface area contributed by atoms with Crippen LogP contribution in [0.2, 0.25) is 0 Å². The smallest absolute Gasteiger partial charge is 0.244 e. The zero-order valence-electron chi connectivity index (χ0n) is 14.7. The lowest BCUT2D eigenvalue weighted by Crippen LogP contribution is -2.30. The molecule has 0 spiro atoms. The van der Waals surface area contributed by atoms with Gasteiger partial charge in [0.1, 0.15) is 11.7 Å². The van der Waals surface area contributed by atoms with Gasteiger partial charge in [-0.2, -0.15) is 5.26 Å². The zero-order valence-corrected chi connectivity index (χ0v) is 16.3. The van der Waals surface area contributed by atoms with Crippen molar-refractivity contribution in [3.63, 3.8) is 0 Å². The molecule has 2 unspecified atom stereocenters. The predicted octanol–water partition coefficient (Wildman–Crippen LogP) is 4.35. The normalized spacial score (nSPS) is 19.4. The quantitative estimate of drug-likeness (QED) is 0.598. The summed E-state index contributed by atoms with van der Waals surface area (Å²) in [6, 6.07) is 12.1. The molecule has 0 radical (unpaired) electrons. The van der Waals surface area contributed by atoms with Gasteiger partial charge in [0.25, 0.3) is 0 Å². The summed E-state index contributed by atoms with van der Waals surface area (Å²) < 4.78 is 30.4. The molecule has 0 bridgehead atoms. The van der Waals surface area contributed by atoms with E-state index in [-0.39, 0.29) is 23.0 Å². The third kappa shape index (κ3) is 2.76. The SMILES string of the molecule is N#CC1C(=N)Oc2n[nH]c(-c3ccc4c(c3)OCO4)c2C1c1ccc(F)c(Br)c1. The lowest BCUT2D eigenvalue weighted by atomic mass is 9.79. The Morgan fingerprint density at radius 3 is 2.83 bits per heavy atom. The highest BCUT2D eigenvalue weighted by atomic mass is 79.9. The maximum absolute atomic E-state index is 13.8. The van der Waals surface area contributed by atoms with Gasteiger partial charge in [0.15, 0.2) is 11.5 Å². The number of benzene rings is 2. The fraction of sp³-hybridized carbons (Fsp3) is 0.150. The lowest BCUT2D eigenvalue weighted by molar-refractivity contribution is 0.174. The summed E-state index contributed by atoms with van der Waals surface area (Å²) in [5.74, 6) is -0.582. The Balaban J connectivity index is 1.70. The van der Waals surface area contributed by atoms with Crippen molar-refractivity contribution in [2.24, 2.45) is 5.92 Å². The van der Waals surface area contributed by atoms with E-state index in [0.29, 0.717) is 28.3 Å². The maximum atomic E-state index is 13.8. The first-order chi connectivity index (χ1) is 14.1. The molecular weight excluding hydrogens is 443 g/mol. The van der Waals surface area contributed by atoms with E-state index in [4.69, 9.17) is 19.6 Å². The number of rotatable bonds is 2. The molecule has 0 saturated carbocycles. The molecule has 29 heavy (non-hydrogen) atoms. The largest absolute Gasteiger partial charge is 0.454 e. The van der Waals surface area contributed by atoms with Crippen LogP contribution in [0.3, 0.4) is 0 Å². The maximum Gasteiger partial charge on any atom is 0.244 e. The molecule has 0 amide bonds. The van der Waals surface area contributed by atoms with Crippen molar-refractivity contribution in [2.75, 3.05) is 6.79 Å². The Kier molecular flexibility index (Phi) is 4.03. The van der Waals surface area contributed by atoms with Crippen LogP contribution in [0.4, 0.5) is 4.39 Å². The van der Waals surface area contributed by atoms with E-state index >= 15 is 0 Å². The Morgan fingerprint density at radius 2 is 2.03 bits per heavy atom. The fourth-order valence-corrected chi connectivity index (χ4v) is 4.05. The van der Waals surface area contributed by atoms with E-state index < -0.39 is 17.7 Å². The average molecular weight is 455 g/mol. The van der Waals surface area contributed by atoms with Gasteiger partial charge in [0.05, 0.1) is 21.8 Å². The summed E-state index contributed by atoms with van der Waals surface area (Å²) in [5.41, 5.74) is 2.70. The Labute approximate surface area is 172 Å². The summed E-state index contributed by atoms with van der Waals surface area (Å²) in [5, 5.41) is 25.0. The van der Waals surface area contributed by atoms with Gasteiger partial charge in [0, 0.05) is 11.5 Å². The predicted molar refractivity (Wildman–Crippen MR) is 104 cm³/mol. The minimum atomic E-state index is -0.884. The average Bonchev–Trinajstić information content (AvgIpc) is 3.35. The number of hydrogen-bond acceptors (Lipinski definition) is 6. The Morgan fingerprint density at radius 1 is 1.21 bits per heavy atom. The molecule has 144 valence electrons. The van der Waals surface area contributed by atoms with Crippen molar-refractivity contribution in [1.82, 2.24) is 10.2 Å². The molecule has 2 N–H and O–H groups in total. The number of nitriles is 1. The van der Waals surface area contributed by atoms with Crippen LogP contribution >= 0.6 is 15.9 Å². The highest BCUT2D eigenvalue weighted by molar-refractivity contribution is 9.10. The van der Waals surface area contributed by atoms with Gasteiger partial charge in [-0.25, -0.2) is 4.39 Å². The minimum Gasteiger partial charge on any atom is -0.454 e. The lowest BCUT2D eigenvalue weighted by Gasteiger charge is -2.28. The molecule has 1 aromatic heterocycles. The number of aromatic nitrogens is 2. The van der Waals surface area contributed by atoms with E-state index in [2.05, 4.69) is 32.2 Å². The van der Waals surface area contributed by atoms with Crippen LogP contribution in [0.5, 0.6) is 17.4 Å². The molecule has 5 rings (SSSR count). The van der Waals surface area contributed by atoms with Crippen LogP contribution in [0.1, 0.15) is 17.0 Å². The zero-order chi connectivity index (χ0) is 20.1. The third-order valence-electron chi connectivity index (χ3n) is 5.01. The number of halogens is 2. The minimum absolute atomic E-state index is 0.156. The number of hydrogen-bond donors (Lipinski definition) is 2. The second-order valence-electron chi connectivity index (χ2n) is 6.61. The first-order valence-corrected chi connectivity index (χ1v) is 9.45. The van der Waals surface area contributed by atoms with Crippen LogP contribution < -0.4 is 14.2 Å². The fourth-order valence-electron chi connectivity index (χ4n) is 3.66. The number of nitrogens with one attached hydrogen (secondary N) is 2. The van der Waals surface area contributed by atoms with Crippen molar-refractivity contribution in [2.45, 2.75) is 5.92 Å². The van der Waals surface area contributed by atoms with E-state index in [1.807, 2.05) is 12.1 Å². The number of aromatic amines is 1. The van der Waals surface area contributed by atoms with Crippen LogP contribution in [0.25, 0.3) is 11.3 Å². The van der Waals surface area contributed by atoms with Gasteiger partial charge < -0.3 is 14.2 Å². The van der Waals surface area contributed by atoms with Crippen molar-refractivity contribution >= 4 is 21.8 Å². The van der Waals surface area contributed by atoms with Crippen LogP contribution in [0.15, 0.2) is 40.9 Å². The molecule has 2 aliphatic rings. The summed E-state index contributed by atoms with van der Waals surface area (Å²) >= 11 is 3.20. The first-order valence-electron chi connectivity index (χ1n) is 8.66. The number of fused-ring (bicyclic) bond motifs is 2. The van der Waals surface area contributed by atoms with Gasteiger partial charge in [-0.1, -0.05) is 6.07 Å². The molecule has 0 fully saturated rings. The molecule has 3 aromatic rings. The molecule has 7 nitrogen and oxygen atoms in total. The van der Waals surface area contributed by atoms with E-state index in [1.165, 1.54) is 6.07 Å². The van der Waals surface area contributed by atoms with Crippen LogP contribution in [-0.2, 0) is 0 Å². The molecule has 2 atom stereocenters. The summed E-state index contributed by atoms with van der Waals surface area (Å²) in [7, 11) is 0. The van der Waals surface area contributed by atoms with Crippen molar-refractivity contribution in [3.8, 4) is 34.7 Å². The van der Waals surface area contributed by atoms with E-state index in [0.717, 1.165) is 5.56 Å². The first kappa shape index (κ1) is 17.7. The molecule has 0 aliphatic carbocycles. The Bertz CT molecular complexity index is 1200. The molecular formula is C20H12BrFN4O3. The second kappa shape index (κ2) is 6.60. The second-order valence-corrected chi connectivity index (χ2v) is 7.46. The van der Waals surface area contributed by atoms with E-state index in [1.54, 1.807) is 18.2 Å². The van der Waals surface area contributed by atoms with Crippen molar-refractivity contribution in [3.05, 3.63) is 57.8 Å². The molecule has 2 aromatic carbocycles. The molecule has 3 heterocycles. The highest BCUT2D eigenvalue weighted by Gasteiger charge is 2.41. The van der Waals surface area contributed by atoms with Crippen molar-refractivity contribution in [1.29, 1.82) is 10.7 Å². The monoisotopic (exact) mass is 454 g/mol. The number of nitrogens with zero attached hydrogens (tertiary/aromatic N) is 2. The van der Waals surface area contributed by atoms with Gasteiger partial charge in [-0.15, -0.1) is 5.10 Å². The van der Waals surface area contributed by atoms with Crippen LogP contribution in [0, 0.1) is 28.5 Å². The third-order valence-corrected chi connectivity index (χ3v) is 5.61. The Hall–Kier alpha value is -3.38. The summed E-state index contributed by atoms with van der Waals surface area (Å²) in [6.45, 7) is 0.156. The summed E-state index contributed by atoms with van der Waals surface area (Å²) in [6.07, 6.45) is 0. The van der Waals surface area contributed by atoms with Gasteiger partial charge >= 0.3 is 0 Å².